The molecule has 1 amide bonds. The molecule has 1 saturated carbocycles. The molecule has 2 aliphatic rings. The molecule has 1 aromatic heterocycles. The summed E-state index contributed by atoms with van der Waals surface area (Å²) in [5.41, 5.74) is 4.63. The van der Waals surface area contributed by atoms with E-state index < -0.39 is 6.04 Å². The normalized spacial score (nSPS) is 17.0. The smallest absolute Gasteiger partial charge is 0.252 e. The molecule has 0 saturated heterocycles. The number of rotatable bonds is 6. The van der Waals surface area contributed by atoms with Crippen molar-refractivity contribution in [1.82, 2.24) is 9.88 Å². The summed E-state index contributed by atoms with van der Waals surface area (Å²) in [6.07, 6.45) is 3.04. The molecule has 1 aliphatic carbocycles. The number of benzene rings is 3. The number of nitrogens with zero attached hydrogens (tertiary/aromatic N) is 1. The molecule has 0 unspecified atom stereocenters. The van der Waals surface area contributed by atoms with Crippen molar-refractivity contribution >= 4 is 28.4 Å². The van der Waals surface area contributed by atoms with Gasteiger partial charge in [-0.3, -0.25) is 14.2 Å². The van der Waals surface area contributed by atoms with Crippen LogP contribution in [0.3, 0.4) is 0 Å². The van der Waals surface area contributed by atoms with Gasteiger partial charge in [0.05, 0.1) is 5.03 Å². The number of fused-ring (bicyclic) bond motifs is 2. The third-order valence-electron chi connectivity index (χ3n) is 6.88. The van der Waals surface area contributed by atoms with Gasteiger partial charge in [-0.2, -0.15) is 0 Å². The van der Waals surface area contributed by atoms with E-state index in [9.17, 15) is 9.59 Å². The van der Waals surface area contributed by atoms with Crippen molar-refractivity contribution in [3.8, 4) is 0 Å². The van der Waals surface area contributed by atoms with Crippen molar-refractivity contribution in [2.24, 2.45) is 0 Å². The Balaban J connectivity index is 1.33. The van der Waals surface area contributed by atoms with E-state index in [0.717, 1.165) is 35.4 Å². The molecule has 1 fully saturated rings. The Bertz CT molecular complexity index is 1430. The Morgan fingerprint density at radius 2 is 1.71 bits per heavy atom. The lowest BCUT2D eigenvalue weighted by atomic mass is 9.95. The van der Waals surface area contributed by atoms with Crippen molar-refractivity contribution < 1.29 is 4.79 Å². The number of thioether (sulfide) groups is 1. The molecule has 6 rings (SSSR count). The Morgan fingerprint density at radius 3 is 2.53 bits per heavy atom. The summed E-state index contributed by atoms with van der Waals surface area (Å²) in [4.78, 5) is 26.4. The van der Waals surface area contributed by atoms with Crippen LogP contribution >= 0.6 is 11.8 Å². The van der Waals surface area contributed by atoms with E-state index in [4.69, 9.17) is 0 Å². The molecule has 5 heteroatoms. The average molecular weight is 467 g/mol. The van der Waals surface area contributed by atoms with Gasteiger partial charge in [-0.25, -0.2) is 0 Å². The highest BCUT2D eigenvalue weighted by molar-refractivity contribution is 7.99. The van der Waals surface area contributed by atoms with Gasteiger partial charge in [0.2, 0.25) is 5.91 Å². The van der Waals surface area contributed by atoms with Crippen LogP contribution in [0.1, 0.15) is 47.1 Å². The molecule has 4 aromatic rings. The zero-order valence-electron chi connectivity index (χ0n) is 18.9. The summed E-state index contributed by atoms with van der Waals surface area (Å²) in [5, 5.41) is 6.49. The van der Waals surface area contributed by atoms with E-state index in [2.05, 4.69) is 47.8 Å². The number of aromatic nitrogens is 1. The number of pyridine rings is 1. The molecule has 0 radical (unpaired) electrons. The van der Waals surface area contributed by atoms with Crippen LogP contribution in [-0.2, 0) is 17.8 Å². The van der Waals surface area contributed by atoms with Crippen molar-refractivity contribution in [3.63, 3.8) is 0 Å². The van der Waals surface area contributed by atoms with Gasteiger partial charge in [0.1, 0.15) is 6.04 Å². The molecule has 0 spiro atoms. The number of nitrogens with one attached hydrogen (secondary N) is 1. The third kappa shape index (κ3) is 3.94. The lowest BCUT2D eigenvalue weighted by Crippen LogP contribution is -2.36. The molecule has 34 heavy (non-hydrogen) atoms. The minimum Gasteiger partial charge on any atom is -0.350 e. The van der Waals surface area contributed by atoms with E-state index >= 15 is 0 Å². The lowest BCUT2D eigenvalue weighted by molar-refractivity contribution is -0.124. The van der Waals surface area contributed by atoms with Crippen LogP contribution in [0.2, 0.25) is 0 Å². The first kappa shape index (κ1) is 21.2. The molecular weight excluding hydrogens is 440 g/mol. The summed E-state index contributed by atoms with van der Waals surface area (Å²) in [5.74, 6) is 1.01. The molecule has 1 aliphatic heterocycles. The summed E-state index contributed by atoms with van der Waals surface area (Å²) in [6.45, 7) is 0.472. The van der Waals surface area contributed by atoms with Crippen LogP contribution in [0.5, 0.6) is 0 Å². The van der Waals surface area contributed by atoms with E-state index in [1.54, 1.807) is 22.4 Å². The predicted molar refractivity (Wildman–Crippen MR) is 137 cm³/mol. The van der Waals surface area contributed by atoms with Crippen LogP contribution < -0.4 is 10.9 Å². The summed E-state index contributed by atoms with van der Waals surface area (Å²) in [6, 6.07) is 26.0. The molecule has 3 aromatic carbocycles. The number of hydrogen-bond acceptors (Lipinski definition) is 3. The first-order chi connectivity index (χ1) is 16.7. The number of amides is 1. The second-order valence-electron chi connectivity index (χ2n) is 9.22. The summed E-state index contributed by atoms with van der Waals surface area (Å²) < 4.78 is 1.76. The van der Waals surface area contributed by atoms with Crippen LogP contribution in [0, 0.1) is 0 Å². The molecule has 170 valence electrons. The van der Waals surface area contributed by atoms with Gasteiger partial charge in [0, 0.05) is 18.4 Å². The van der Waals surface area contributed by atoms with Gasteiger partial charge in [-0.15, -0.1) is 11.8 Å². The minimum atomic E-state index is -0.458. The quantitative estimate of drug-likeness (QED) is 0.412. The number of carbonyl (C=O) groups excluding carboxylic acids is 1. The molecule has 4 nitrogen and oxygen atoms in total. The first-order valence-electron chi connectivity index (χ1n) is 11.9. The van der Waals surface area contributed by atoms with Crippen molar-refractivity contribution in [3.05, 3.63) is 111 Å². The number of hydrogen-bond donors (Lipinski definition) is 1. The molecule has 0 bridgehead atoms. The van der Waals surface area contributed by atoms with E-state index in [1.807, 2.05) is 30.3 Å². The Labute approximate surface area is 203 Å². The largest absolute Gasteiger partial charge is 0.350 e. The standard InChI is InChI=1S/C29H26N2O2S/c32-26-16-23(15-22-11-6-10-20-9-4-5-12-24(20)22)27(21-13-14-21)29-31(26)25(18-34-29)28(33)30-17-19-7-2-1-3-8-19/h1-12,16,21,25H,13-15,17-18H2,(H,30,33)/t25-/m0/s1. The molecule has 1 N–H and O–H groups in total. The third-order valence-corrected chi connectivity index (χ3v) is 8.05. The van der Waals surface area contributed by atoms with Crippen molar-refractivity contribution in [1.29, 1.82) is 0 Å². The lowest BCUT2D eigenvalue weighted by Gasteiger charge is -2.18. The Morgan fingerprint density at radius 1 is 0.941 bits per heavy atom. The average Bonchev–Trinajstić information content (AvgIpc) is 3.60. The highest BCUT2D eigenvalue weighted by atomic mass is 32.2. The predicted octanol–water partition coefficient (Wildman–Crippen LogP) is 5.43. The van der Waals surface area contributed by atoms with E-state index in [0.29, 0.717) is 18.2 Å². The van der Waals surface area contributed by atoms with Gasteiger partial charge in [0.15, 0.2) is 0 Å². The zero-order valence-corrected chi connectivity index (χ0v) is 19.7. The molecule has 1 atom stereocenters. The topological polar surface area (TPSA) is 51.1 Å². The summed E-state index contributed by atoms with van der Waals surface area (Å²) in [7, 11) is 0. The highest BCUT2D eigenvalue weighted by Gasteiger charge is 2.37. The van der Waals surface area contributed by atoms with Crippen LogP contribution in [-0.4, -0.2) is 16.2 Å². The van der Waals surface area contributed by atoms with E-state index in [1.165, 1.54) is 21.9 Å². The Hall–Kier alpha value is -3.31. The van der Waals surface area contributed by atoms with Gasteiger partial charge >= 0.3 is 0 Å². The molecule has 2 heterocycles. The maximum Gasteiger partial charge on any atom is 0.252 e. The maximum atomic E-state index is 13.3. The first-order valence-corrected chi connectivity index (χ1v) is 12.9. The SMILES string of the molecule is O=C(NCc1ccccc1)[C@@H]1CSc2c(C3CC3)c(Cc3cccc4ccccc34)cc(=O)n21. The van der Waals surface area contributed by atoms with Gasteiger partial charge in [-0.1, -0.05) is 72.8 Å². The summed E-state index contributed by atoms with van der Waals surface area (Å²) >= 11 is 1.67. The maximum absolute atomic E-state index is 13.3. The minimum absolute atomic E-state index is 0.0699. The van der Waals surface area contributed by atoms with Crippen LogP contribution in [0.4, 0.5) is 0 Å². The van der Waals surface area contributed by atoms with Crippen LogP contribution in [0.25, 0.3) is 10.8 Å². The Kier molecular flexibility index (Phi) is 5.50. The van der Waals surface area contributed by atoms with Gasteiger partial charge < -0.3 is 5.32 Å². The van der Waals surface area contributed by atoms with E-state index in [-0.39, 0.29) is 11.5 Å². The second kappa shape index (κ2) is 8.80. The van der Waals surface area contributed by atoms with Crippen molar-refractivity contribution in [2.45, 2.75) is 42.8 Å². The van der Waals surface area contributed by atoms with Crippen LogP contribution in [0.15, 0.2) is 88.7 Å². The second-order valence-corrected chi connectivity index (χ2v) is 10.2. The monoisotopic (exact) mass is 466 g/mol. The van der Waals surface area contributed by atoms with Gasteiger partial charge in [0.25, 0.3) is 5.56 Å². The molecular formula is C29H26N2O2S. The fraction of sp³-hybridized carbons (Fsp3) is 0.241. The zero-order chi connectivity index (χ0) is 23.1. The fourth-order valence-electron chi connectivity index (χ4n) is 5.04. The highest BCUT2D eigenvalue weighted by Crippen LogP contribution is 2.48. The van der Waals surface area contributed by atoms with Gasteiger partial charge in [-0.05, 0) is 58.2 Å². The number of carbonyl (C=O) groups is 1. The van der Waals surface area contributed by atoms with Crippen molar-refractivity contribution in [2.75, 3.05) is 5.75 Å². The fourth-order valence-corrected chi connectivity index (χ4v) is 6.47.